The fourth-order valence-corrected chi connectivity index (χ4v) is 3.76. The van der Waals surface area contributed by atoms with E-state index in [1.54, 1.807) is 12.1 Å². The molecule has 0 aliphatic heterocycles. The topological polar surface area (TPSA) is 85.1 Å². The Morgan fingerprint density at radius 1 is 1.42 bits per heavy atom. The van der Waals surface area contributed by atoms with Crippen LogP contribution in [0.25, 0.3) is 0 Å². The number of aromatic nitrogens is 1. The maximum absolute atomic E-state index is 12.1. The zero-order valence-electron chi connectivity index (χ0n) is 11.2. The third-order valence-electron chi connectivity index (χ3n) is 3.88. The van der Waals surface area contributed by atoms with Crippen LogP contribution in [-0.2, 0) is 10.0 Å². The minimum Gasteiger partial charge on any atom is -0.396 e. The molecule has 1 saturated carbocycles. The molecule has 6 heteroatoms. The average Bonchev–Trinajstić information content (AvgIpc) is 2.38. The first kappa shape index (κ1) is 14.3. The Balaban J connectivity index is 2.04. The molecule has 0 aromatic carbocycles. The minimum absolute atomic E-state index is 0.0709. The van der Waals surface area contributed by atoms with Gasteiger partial charge in [0.2, 0.25) is 0 Å². The van der Waals surface area contributed by atoms with E-state index < -0.39 is 10.0 Å². The molecule has 2 rings (SSSR count). The molecule has 0 bridgehead atoms. The molecule has 5 nitrogen and oxygen atoms in total. The fourth-order valence-electron chi connectivity index (χ4n) is 2.61. The fraction of sp³-hybridized carbons (Fsp3) is 0.615. The van der Waals surface area contributed by atoms with Crippen molar-refractivity contribution in [2.45, 2.75) is 37.6 Å². The van der Waals surface area contributed by atoms with Crippen molar-refractivity contribution >= 4 is 15.7 Å². The number of sulfonamides is 1. The van der Waals surface area contributed by atoms with E-state index in [-0.39, 0.29) is 10.7 Å². The molecule has 0 spiro atoms. The third kappa shape index (κ3) is 3.45. The lowest BCUT2D eigenvalue weighted by molar-refractivity contribution is 0.257. The Bertz CT molecular complexity index is 530. The lowest BCUT2D eigenvalue weighted by Gasteiger charge is -2.28. The van der Waals surface area contributed by atoms with Crippen LogP contribution < -0.4 is 10.5 Å². The second-order valence-electron chi connectivity index (χ2n) is 5.27. The summed E-state index contributed by atoms with van der Waals surface area (Å²) in [5, 5.41) is -0.0709. The Morgan fingerprint density at radius 2 is 2.16 bits per heavy atom. The van der Waals surface area contributed by atoms with Crippen LogP contribution in [0.3, 0.4) is 0 Å². The zero-order chi connectivity index (χ0) is 13.9. The highest BCUT2D eigenvalue weighted by molar-refractivity contribution is 7.89. The highest BCUT2D eigenvalue weighted by Gasteiger charge is 2.25. The Morgan fingerprint density at radius 3 is 2.84 bits per heavy atom. The van der Waals surface area contributed by atoms with Gasteiger partial charge in [-0.3, -0.25) is 0 Å². The monoisotopic (exact) mass is 283 g/mol. The second-order valence-corrected chi connectivity index (χ2v) is 6.95. The summed E-state index contributed by atoms with van der Waals surface area (Å²) in [5.74, 6) is 0.978. The smallest absolute Gasteiger partial charge is 0.260 e. The molecule has 0 saturated heterocycles. The molecule has 0 amide bonds. The van der Waals surface area contributed by atoms with Gasteiger partial charge in [-0.1, -0.05) is 26.2 Å². The summed E-state index contributed by atoms with van der Waals surface area (Å²) in [6, 6.07) is 3.17. The number of pyridine rings is 1. The van der Waals surface area contributed by atoms with Crippen LogP contribution in [0, 0.1) is 11.8 Å². The van der Waals surface area contributed by atoms with Gasteiger partial charge in [-0.25, -0.2) is 18.1 Å². The van der Waals surface area contributed by atoms with Gasteiger partial charge in [0.1, 0.15) is 0 Å². The van der Waals surface area contributed by atoms with Gasteiger partial charge in [-0.2, -0.15) is 0 Å². The third-order valence-corrected chi connectivity index (χ3v) is 5.28. The predicted molar refractivity (Wildman–Crippen MR) is 75.0 cm³/mol. The number of hydrogen-bond donors (Lipinski definition) is 2. The van der Waals surface area contributed by atoms with E-state index in [1.165, 1.54) is 25.5 Å². The first-order chi connectivity index (χ1) is 9.00. The van der Waals surface area contributed by atoms with E-state index in [0.29, 0.717) is 18.4 Å². The SMILES string of the molecule is CC1CCCCC1CNS(=O)(=O)c1ncccc1N. The van der Waals surface area contributed by atoms with Crippen LogP contribution in [0.5, 0.6) is 0 Å². The van der Waals surface area contributed by atoms with E-state index in [2.05, 4.69) is 16.6 Å². The van der Waals surface area contributed by atoms with Crippen molar-refractivity contribution in [1.29, 1.82) is 0 Å². The number of nitrogens with zero attached hydrogens (tertiary/aromatic N) is 1. The van der Waals surface area contributed by atoms with Crippen LogP contribution in [0.4, 0.5) is 5.69 Å². The maximum atomic E-state index is 12.1. The van der Waals surface area contributed by atoms with Crippen molar-refractivity contribution in [1.82, 2.24) is 9.71 Å². The predicted octanol–water partition coefficient (Wildman–Crippen LogP) is 1.77. The van der Waals surface area contributed by atoms with E-state index in [0.717, 1.165) is 6.42 Å². The molecule has 2 atom stereocenters. The molecule has 1 aromatic heterocycles. The number of nitrogen functional groups attached to an aromatic ring is 1. The summed E-state index contributed by atoms with van der Waals surface area (Å²) in [5.41, 5.74) is 5.85. The van der Waals surface area contributed by atoms with Crippen LogP contribution >= 0.6 is 0 Å². The van der Waals surface area contributed by atoms with Crippen molar-refractivity contribution < 1.29 is 8.42 Å². The second kappa shape index (κ2) is 5.88. The van der Waals surface area contributed by atoms with Gasteiger partial charge in [-0.05, 0) is 30.4 Å². The van der Waals surface area contributed by atoms with Crippen molar-refractivity contribution in [2.75, 3.05) is 12.3 Å². The van der Waals surface area contributed by atoms with Gasteiger partial charge in [0.05, 0.1) is 5.69 Å². The number of nitrogens with one attached hydrogen (secondary N) is 1. The summed E-state index contributed by atoms with van der Waals surface area (Å²) < 4.78 is 26.9. The number of nitrogens with two attached hydrogens (primary N) is 1. The number of anilines is 1. The van der Waals surface area contributed by atoms with Gasteiger partial charge in [0, 0.05) is 12.7 Å². The first-order valence-electron chi connectivity index (χ1n) is 6.71. The van der Waals surface area contributed by atoms with E-state index >= 15 is 0 Å². The van der Waals surface area contributed by atoms with Crippen molar-refractivity contribution in [3.63, 3.8) is 0 Å². The highest BCUT2D eigenvalue weighted by Crippen LogP contribution is 2.29. The zero-order valence-corrected chi connectivity index (χ0v) is 12.0. The highest BCUT2D eigenvalue weighted by atomic mass is 32.2. The van der Waals surface area contributed by atoms with Gasteiger partial charge in [-0.15, -0.1) is 0 Å². The molecule has 1 aliphatic carbocycles. The molecular formula is C13H21N3O2S. The lowest BCUT2D eigenvalue weighted by atomic mass is 9.81. The largest absolute Gasteiger partial charge is 0.396 e. The standard InChI is InChI=1S/C13H21N3O2S/c1-10-5-2-3-6-11(10)9-16-19(17,18)13-12(14)7-4-8-15-13/h4,7-8,10-11,16H,2-3,5-6,9,14H2,1H3. The Kier molecular flexibility index (Phi) is 4.42. The van der Waals surface area contributed by atoms with Crippen LogP contribution in [0.2, 0.25) is 0 Å². The number of rotatable bonds is 4. The Hall–Kier alpha value is -1.14. The summed E-state index contributed by atoms with van der Waals surface area (Å²) in [7, 11) is -3.60. The summed E-state index contributed by atoms with van der Waals surface area (Å²) >= 11 is 0. The van der Waals surface area contributed by atoms with Gasteiger partial charge in [0.25, 0.3) is 10.0 Å². The van der Waals surface area contributed by atoms with Crippen molar-refractivity contribution in [2.24, 2.45) is 11.8 Å². The van der Waals surface area contributed by atoms with Crippen molar-refractivity contribution in [3.8, 4) is 0 Å². The molecule has 19 heavy (non-hydrogen) atoms. The average molecular weight is 283 g/mol. The quantitative estimate of drug-likeness (QED) is 0.882. The van der Waals surface area contributed by atoms with Crippen LogP contribution in [0.1, 0.15) is 32.6 Å². The summed E-state index contributed by atoms with van der Waals surface area (Å²) in [4.78, 5) is 3.86. The van der Waals surface area contributed by atoms with E-state index in [4.69, 9.17) is 5.73 Å². The van der Waals surface area contributed by atoms with E-state index in [9.17, 15) is 8.42 Å². The van der Waals surface area contributed by atoms with Gasteiger partial charge in [0.15, 0.2) is 5.03 Å². The van der Waals surface area contributed by atoms with Gasteiger partial charge >= 0.3 is 0 Å². The molecule has 1 aromatic rings. The molecule has 3 N–H and O–H groups in total. The molecule has 0 radical (unpaired) electrons. The molecule has 2 unspecified atom stereocenters. The molecule has 1 heterocycles. The van der Waals surface area contributed by atoms with Crippen molar-refractivity contribution in [3.05, 3.63) is 18.3 Å². The van der Waals surface area contributed by atoms with Crippen LogP contribution in [0.15, 0.2) is 23.4 Å². The minimum atomic E-state index is -3.60. The van der Waals surface area contributed by atoms with Crippen LogP contribution in [-0.4, -0.2) is 19.9 Å². The van der Waals surface area contributed by atoms with E-state index in [1.807, 2.05) is 0 Å². The molecular weight excluding hydrogens is 262 g/mol. The Labute approximate surface area is 114 Å². The lowest BCUT2D eigenvalue weighted by Crippen LogP contribution is -2.34. The first-order valence-corrected chi connectivity index (χ1v) is 8.19. The number of hydrogen-bond acceptors (Lipinski definition) is 4. The normalized spacial score (nSPS) is 24.3. The summed E-state index contributed by atoms with van der Waals surface area (Å²) in [6.07, 6.45) is 6.13. The molecule has 1 fully saturated rings. The van der Waals surface area contributed by atoms with Gasteiger partial charge < -0.3 is 5.73 Å². The maximum Gasteiger partial charge on any atom is 0.260 e. The molecule has 106 valence electrons. The molecule has 1 aliphatic rings. The summed E-state index contributed by atoms with van der Waals surface area (Å²) in [6.45, 7) is 2.66.